The fourth-order valence-corrected chi connectivity index (χ4v) is 0.589. The molecule has 0 amide bonds. The summed E-state index contributed by atoms with van der Waals surface area (Å²) in [5.74, 6) is 0. The van der Waals surface area contributed by atoms with Crippen molar-refractivity contribution in [1.29, 1.82) is 0 Å². The second-order valence-electron chi connectivity index (χ2n) is 0.723. The minimum Gasteiger partial charge on any atom is -0.273 e. The van der Waals surface area contributed by atoms with E-state index in [0.717, 1.165) is 0 Å². The molecule has 0 N–H and O–H groups in total. The Hall–Kier alpha value is 0.700. The number of hydrogen-bond acceptors (Lipinski definition) is 1. The number of thiophene rings is 1. The third-order valence-corrected chi connectivity index (χ3v) is 0.944. The van der Waals surface area contributed by atoms with Gasteiger partial charge < -0.3 is 0 Å². The van der Waals surface area contributed by atoms with E-state index in [1.165, 1.54) is 0 Å². The van der Waals surface area contributed by atoms with E-state index in [1.54, 1.807) is 11.3 Å². The maximum atomic E-state index is 2.88. The van der Waals surface area contributed by atoms with E-state index < -0.39 is 0 Å². The van der Waals surface area contributed by atoms with Crippen molar-refractivity contribution in [2.75, 3.05) is 0 Å². The zero-order valence-corrected chi connectivity index (χ0v) is 6.46. The summed E-state index contributed by atoms with van der Waals surface area (Å²) < 4.78 is 0. The van der Waals surface area contributed by atoms with Gasteiger partial charge in [0, 0.05) is 0 Å². The average Bonchev–Trinajstić information content (AvgIpc) is 1.76. The first-order valence-corrected chi connectivity index (χ1v) is 2.32. The van der Waals surface area contributed by atoms with Gasteiger partial charge in [0.1, 0.15) is 0 Å². The molecule has 1 heterocycles. The van der Waals surface area contributed by atoms with Gasteiger partial charge in [-0.05, 0) is 0 Å². The normalized spacial score (nSPS) is 6.67. The van der Waals surface area contributed by atoms with E-state index in [0.29, 0.717) is 0 Å². The Kier molecular flexibility index (Phi) is 4.33. The van der Waals surface area contributed by atoms with Crippen molar-refractivity contribution < 1.29 is 29.6 Å². The van der Waals surface area contributed by atoms with E-state index in [2.05, 4.69) is 6.07 Å². The predicted molar refractivity (Wildman–Crippen MR) is 23.2 cm³/mol. The average molecular weight is 106 g/mol. The molecule has 0 aliphatic heterocycles. The predicted octanol–water partition coefficient (Wildman–Crippen LogP) is -1.45. The third-order valence-electron chi connectivity index (χ3n) is 0.379. The fraction of sp³-hybridized carbons (Fsp3) is 0. The first kappa shape index (κ1) is 6.70. The van der Waals surface area contributed by atoms with Gasteiger partial charge in [-0.2, -0.15) is 5.38 Å². The smallest absolute Gasteiger partial charge is 0.273 e. The van der Waals surface area contributed by atoms with Crippen molar-refractivity contribution >= 4 is 11.3 Å². The van der Waals surface area contributed by atoms with Crippen LogP contribution >= 0.6 is 11.3 Å². The Morgan fingerprint density at radius 3 is 2.50 bits per heavy atom. The summed E-state index contributed by atoms with van der Waals surface area (Å²) in [6, 6.07) is 4.77. The van der Waals surface area contributed by atoms with Crippen LogP contribution in [0.25, 0.3) is 0 Å². The summed E-state index contributed by atoms with van der Waals surface area (Å²) in [5.41, 5.74) is 0. The Morgan fingerprint density at radius 1 is 1.50 bits per heavy atom. The topological polar surface area (TPSA) is 0 Å². The minimum absolute atomic E-state index is 0. The molecule has 0 bridgehead atoms. The van der Waals surface area contributed by atoms with Gasteiger partial charge in [0.05, 0.1) is 0 Å². The van der Waals surface area contributed by atoms with Gasteiger partial charge in [-0.15, -0.1) is 5.38 Å². The van der Waals surface area contributed by atoms with Gasteiger partial charge in [-0.25, -0.2) is 12.1 Å². The molecule has 1 aromatic heterocycles. The maximum absolute atomic E-state index is 2.88. The molecule has 1 aromatic rings. The molecule has 0 nitrogen and oxygen atoms in total. The first-order chi connectivity index (χ1) is 2.50. The molecular weight excluding hydrogens is 103 g/mol. The summed E-state index contributed by atoms with van der Waals surface area (Å²) in [6.07, 6.45) is 0. The van der Waals surface area contributed by atoms with Gasteiger partial charge in [-0.3, -0.25) is 11.3 Å². The van der Waals surface area contributed by atoms with Crippen LogP contribution in [0.3, 0.4) is 0 Å². The Labute approximate surface area is 63.5 Å². The molecule has 0 saturated heterocycles. The molecule has 0 aromatic carbocycles. The summed E-state index contributed by atoms with van der Waals surface area (Å²) in [6.45, 7) is 0. The first-order valence-electron chi connectivity index (χ1n) is 1.38. The van der Waals surface area contributed by atoms with Crippen LogP contribution in [0.4, 0.5) is 0 Å². The summed E-state index contributed by atoms with van der Waals surface area (Å²) in [7, 11) is 0. The molecule has 0 radical (unpaired) electrons. The third kappa shape index (κ3) is 1.98. The Bertz CT molecular complexity index is 64.0. The van der Waals surface area contributed by atoms with E-state index in [4.69, 9.17) is 0 Å². The molecule has 2 heteroatoms. The van der Waals surface area contributed by atoms with Gasteiger partial charge in [-0.1, -0.05) is 0 Å². The Balaban J connectivity index is 0.000000250. The molecular formula is C4H3NaS. The van der Waals surface area contributed by atoms with Crippen molar-refractivity contribution in [3.8, 4) is 0 Å². The monoisotopic (exact) mass is 106 g/mol. The molecule has 6 heavy (non-hydrogen) atoms. The summed E-state index contributed by atoms with van der Waals surface area (Å²) in [4.78, 5) is 0. The fourth-order valence-electron chi connectivity index (χ4n) is 0.196. The summed E-state index contributed by atoms with van der Waals surface area (Å²) >= 11 is 1.66. The molecule has 0 aliphatic carbocycles. The van der Waals surface area contributed by atoms with Gasteiger partial charge in [0.2, 0.25) is 0 Å². The zero-order chi connectivity index (χ0) is 3.54. The van der Waals surface area contributed by atoms with E-state index in [-0.39, 0.29) is 29.6 Å². The van der Waals surface area contributed by atoms with E-state index >= 15 is 0 Å². The van der Waals surface area contributed by atoms with Crippen LogP contribution in [-0.4, -0.2) is 0 Å². The molecule has 1 rings (SSSR count). The number of hydrogen-bond donors (Lipinski definition) is 0. The molecule has 0 atom stereocenters. The van der Waals surface area contributed by atoms with Crippen molar-refractivity contribution in [2.45, 2.75) is 0 Å². The van der Waals surface area contributed by atoms with Crippen LogP contribution in [0, 0.1) is 6.07 Å². The van der Waals surface area contributed by atoms with Crippen molar-refractivity contribution in [3.63, 3.8) is 0 Å². The van der Waals surface area contributed by atoms with Crippen LogP contribution in [0.1, 0.15) is 0 Å². The molecule has 0 unspecified atom stereocenters. The van der Waals surface area contributed by atoms with Crippen molar-refractivity contribution in [2.24, 2.45) is 0 Å². The molecule has 0 saturated carbocycles. The van der Waals surface area contributed by atoms with Gasteiger partial charge >= 0.3 is 29.6 Å². The van der Waals surface area contributed by atoms with Crippen LogP contribution in [0.5, 0.6) is 0 Å². The van der Waals surface area contributed by atoms with Crippen molar-refractivity contribution in [3.05, 3.63) is 22.9 Å². The second kappa shape index (κ2) is 3.88. The molecule has 0 aliphatic rings. The standard InChI is InChI=1S/C4H3S.Na/c1-2-4-5-3-1;/h1,3-4H;/q-1;+1. The molecule has 0 spiro atoms. The van der Waals surface area contributed by atoms with Gasteiger partial charge in [0.25, 0.3) is 0 Å². The number of rotatable bonds is 0. The SMILES string of the molecule is [Na+].[c-]1ccsc1. The Morgan fingerprint density at radius 2 is 2.33 bits per heavy atom. The van der Waals surface area contributed by atoms with Crippen LogP contribution in [0.2, 0.25) is 0 Å². The zero-order valence-electron chi connectivity index (χ0n) is 3.64. The molecule has 26 valence electrons. The quantitative estimate of drug-likeness (QED) is 0.280. The second-order valence-corrected chi connectivity index (χ2v) is 1.50. The summed E-state index contributed by atoms with van der Waals surface area (Å²) in [5, 5.41) is 3.90. The van der Waals surface area contributed by atoms with Crippen LogP contribution in [-0.2, 0) is 0 Å². The van der Waals surface area contributed by atoms with E-state index in [1.807, 2.05) is 16.8 Å². The van der Waals surface area contributed by atoms with E-state index in [9.17, 15) is 0 Å². The van der Waals surface area contributed by atoms with Gasteiger partial charge in [0.15, 0.2) is 0 Å². The van der Waals surface area contributed by atoms with Crippen LogP contribution < -0.4 is 29.6 Å². The maximum Gasteiger partial charge on any atom is 1.00 e. The molecule has 0 fully saturated rings. The minimum atomic E-state index is 0. The van der Waals surface area contributed by atoms with Crippen molar-refractivity contribution in [1.82, 2.24) is 0 Å². The largest absolute Gasteiger partial charge is 1.00 e. The van der Waals surface area contributed by atoms with Crippen LogP contribution in [0.15, 0.2) is 16.8 Å².